The lowest BCUT2D eigenvalue weighted by Gasteiger charge is -2.33. The molecule has 0 saturated carbocycles. The number of rotatable bonds is 5. The maximum Gasteiger partial charge on any atom is 0.407 e. The van der Waals surface area contributed by atoms with Crippen molar-refractivity contribution in [2.24, 2.45) is 5.73 Å². The molecule has 0 radical (unpaired) electrons. The molecule has 1 unspecified atom stereocenters. The molecule has 1 atom stereocenters. The summed E-state index contributed by atoms with van der Waals surface area (Å²) in [6.07, 6.45) is -0.422. The zero-order valence-electron chi connectivity index (χ0n) is 14.6. The molecule has 5 heteroatoms. The molecular formula is C17H29N3O2. The molecule has 0 spiro atoms. The van der Waals surface area contributed by atoms with Crippen LogP contribution in [-0.2, 0) is 10.2 Å². The summed E-state index contributed by atoms with van der Waals surface area (Å²) in [5, 5.41) is 2.84. The molecule has 0 aromatic heterocycles. The minimum atomic E-state index is -0.509. The third-order valence-electron chi connectivity index (χ3n) is 3.51. The number of anilines is 1. The summed E-state index contributed by atoms with van der Waals surface area (Å²) in [6, 6.07) is 8.09. The van der Waals surface area contributed by atoms with Gasteiger partial charge in [-0.15, -0.1) is 0 Å². The van der Waals surface area contributed by atoms with E-state index in [2.05, 4.69) is 22.3 Å². The van der Waals surface area contributed by atoms with Gasteiger partial charge in [-0.2, -0.15) is 0 Å². The van der Waals surface area contributed by atoms with Crippen LogP contribution in [0.2, 0.25) is 0 Å². The summed E-state index contributed by atoms with van der Waals surface area (Å²) in [5.41, 5.74) is 7.35. The van der Waals surface area contributed by atoms with Gasteiger partial charge >= 0.3 is 6.09 Å². The number of carbonyl (C=O) groups excluding carboxylic acids is 1. The van der Waals surface area contributed by atoms with E-state index < -0.39 is 11.7 Å². The van der Waals surface area contributed by atoms with Gasteiger partial charge in [0.2, 0.25) is 0 Å². The van der Waals surface area contributed by atoms with Gasteiger partial charge < -0.3 is 20.7 Å². The summed E-state index contributed by atoms with van der Waals surface area (Å²) in [6.45, 7) is 8.42. The minimum absolute atomic E-state index is 0.363. The highest BCUT2D eigenvalue weighted by atomic mass is 16.6. The number of hydrogen-bond acceptors (Lipinski definition) is 4. The molecule has 0 aliphatic carbocycles. The number of nitrogens with two attached hydrogens (primary N) is 1. The molecule has 0 saturated heterocycles. The average Bonchev–Trinajstić information content (AvgIpc) is 2.43. The van der Waals surface area contributed by atoms with Crippen LogP contribution in [0.3, 0.4) is 0 Å². The monoisotopic (exact) mass is 307 g/mol. The first-order chi connectivity index (χ1) is 10.1. The van der Waals surface area contributed by atoms with Crippen LogP contribution in [0.25, 0.3) is 0 Å². The summed E-state index contributed by atoms with van der Waals surface area (Å²) in [5.74, 6) is 0. The fraction of sp³-hybridized carbons (Fsp3) is 0.588. The van der Waals surface area contributed by atoms with Crippen LogP contribution >= 0.6 is 0 Å². The van der Waals surface area contributed by atoms with Gasteiger partial charge in [-0.25, -0.2) is 4.79 Å². The number of alkyl carbamates (subject to hydrolysis) is 1. The summed E-state index contributed by atoms with van der Waals surface area (Å²) < 4.78 is 5.29. The highest BCUT2D eigenvalue weighted by Gasteiger charge is 2.29. The van der Waals surface area contributed by atoms with Crippen LogP contribution in [0.15, 0.2) is 24.3 Å². The van der Waals surface area contributed by atoms with Gasteiger partial charge in [0.15, 0.2) is 0 Å². The van der Waals surface area contributed by atoms with Crippen molar-refractivity contribution in [3.05, 3.63) is 29.8 Å². The molecule has 0 bridgehead atoms. The molecule has 1 aromatic rings. The van der Waals surface area contributed by atoms with Crippen LogP contribution < -0.4 is 16.0 Å². The number of amides is 1. The lowest BCUT2D eigenvalue weighted by atomic mass is 9.81. The van der Waals surface area contributed by atoms with Gasteiger partial charge in [0.25, 0.3) is 0 Å². The van der Waals surface area contributed by atoms with Crippen LogP contribution in [-0.4, -0.2) is 38.9 Å². The van der Waals surface area contributed by atoms with E-state index in [-0.39, 0.29) is 5.41 Å². The summed E-state index contributed by atoms with van der Waals surface area (Å²) >= 11 is 0. The normalized spacial score (nSPS) is 14.1. The highest BCUT2D eigenvalue weighted by Crippen LogP contribution is 2.30. The number of benzene rings is 1. The molecule has 0 aliphatic rings. The Balaban J connectivity index is 2.91. The van der Waals surface area contributed by atoms with Crippen molar-refractivity contribution in [3.63, 3.8) is 0 Å². The molecule has 0 heterocycles. The topological polar surface area (TPSA) is 67.6 Å². The van der Waals surface area contributed by atoms with E-state index in [0.717, 1.165) is 11.3 Å². The second-order valence-corrected chi connectivity index (χ2v) is 7.03. The summed E-state index contributed by atoms with van der Waals surface area (Å²) in [4.78, 5) is 13.9. The number of hydrogen-bond donors (Lipinski definition) is 2. The summed E-state index contributed by atoms with van der Waals surface area (Å²) in [7, 11) is 3.99. The second kappa shape index (κ2) is 7.01. The Bertz CT molecular complexity index is 509. The van der Waals surface area contributed by atoms with Crippen molar-refractivity contribution < 1.29 is 9.53 Å². The standard InChI is InChI=1S/C17H29N3O2/c1-16(2,3)22-15(21)19-12-17(4,11-18)13-9-7-8-10-14(13)20(5)6/h7-10H,11-12,18H2,1-6H3,(H,19,21). The Kier molecular flexibility index (Phi) is 5.83. The predicted octanol–water partition coefficient (Wildman–Crippen LogP) is 2.49. The minimum Gasteiger partial charge on any atom is -0.444 e. The number of ether oxygens (including phenoxy) is 1. The lowest BCUT2D eigenvalue weighted by Crippen LogP contribution is -2.45. The van der Waals surface area contributed by atoms with Crippen LogP contribution in [0.1, 0.15) is 33.3 Å². The number of nitrogens with zero attached hydrogens (tertiary/aromatic N) is 1. The van der Waals surface area contributed by atoms with Crippen molar-refractivity contribution in [1.29, 1.82) is 0 Å². The molecule has 1 aromatic carbocycles. The third kappa shape index (κ3) is 4.91. The van der Waals surface area contributed by atoms with Gasteiger partial charge in [0.05, 0.1) is 0 Å². The van der Waals surface area contributed by atoms with Gasteiger partial charge in [0.1, 0.15) is 5.60 Å². The van der Waals surface area contributed by atoms with Crippen molar-refractivity contribution >= 4 is 11.8 Å². The van der Waals surface area contributed by atoms with E-state index in [9.17, 15) is 4.79 Å². The Morgan fingerprint density at radius 3 is 2.32 bits per heavy atom. The van der Waals surface area contributed by atoms with Crippen molar-refractivity contribution in [2.75, 3.05) is 32.1 Å². The predicted molar refractivity (Wildman–Crippen MR) is 91.4 cm³/mol. The van der Waals surface area contributed by atoms with Gasteiger partial charge in [-0.3, -0.25) is 0 Å². The van der Waals surface area contributed by atoms with Gasteiger partial charge in [0, 0.05) is 38.3 Å². The maximum atomic E-state index is 11.9. The first kappa shape index (κ1) is 18.3. The zero-order chi connectivity index (χ0) is 17.0. The smallest absolute Gasteiger partial charge is 0.407 e. The third-order valence-corrected chi connectivity index (χ3v) is 3.51. The molecule has 0 fully saturated rings. The molecule has 1 amide bonds. The lowest BCUT2D eigenvalue weighted by molar-refractivity contribution is 0.0516. The Hall–Kier alpha value is -1.75. The number of nitrogens with one attached hydrogen (secondary N) is 1. The van der Waals surface area contributed by atoms with Crippen LogP contribution in [0.4, 0.5) is 10.5 Å². The SMILES string of the molecule is CN(C)c1ccccc1C(C)(CN)CNC(=O)OC(C)(C)C. The molecule has 1 rings (SSSR count). The van der Waals surface area contributed by atoms with E-state index in [0.29, 0.717) is 13.1 Å². The van der Waals surface area contributed by atoms with E-state index in [1.807, 2.05) is 53.9 Å². The molecule has 124 valence electrons. The van der Waals surface area contributed by atoms with Crippen LogP contribution in [0, 0.1) is 0 Å². The molecular weight excluding hydrogens is 278 g/mol. The first-order valence-electron chi connectivity index (χ1n) is 7.53. The fourth-order valence-corrected chi connectivity index (χ4v) is 2.23. The average molecular weight is 307 g/mol. The quantitative estimate of drug-likeness (QED) is 0.877. The first-order valence-corrected chi connectivity index (χ1v) is 7.53. The molecule has 5 nitrogen and oxygen atoms in total. The van der Waals surface area contributed by atoms with E-state index in [1.165, 1.54) is 0 Å². The van der Waals surface area contributed by atoms with Crippen molar-refractivity contribution in [3.8, 4) is 0 Å². The molecule has 3 N–H and O–H groups in total. The molecule has 22 heavy (non-hydrogen) atoms. The van der Waals surface area contributed by atoms with Gasteiger partial charge in [-0.05, 0) is 32.4 Å². The second-order valence-electron chi connectivity index (χ2n) is 7.03. The Labute approximate surface area is 133 Å². The Morgan fingerprint density at radius 1 is 1.23 bits per heavy atom. The van der Waals surface area contributed by atoms with Gasteiger partial charge in [-0.1, -0.05) is 25.1 Å². The number of carbonyl (C=O) groups is 1. The van der Waals surface area contributed by atoms with Crippen molar-refractivity contribution in [1.82, 2.24) is 5.32 Å². The fourth-order valence-electron chi connectivity index (χ4n) is 2.23. The highest BCUT2D eigenvalue weighted by molar-refractivity contribution is 5.68. The van der Waals surface area contributed by atoms with E-state index >= 15 is 0 Å². The van der Waals surface area contributed by atoms with Crippen molar-refractivity contribution in [2.45, 2.75) is 38.7 Å². The Morgan fingerprint density at radius 2 is 1.82 bits per heavy atom. The zero-order valence-corrected chi connectivity index (χ0v) is 14.6. The molecule has 0 aliphatic heterocycles. The van der Waals surface area contributed by atoms with E-state index in [1.54, 1.807) is 0 Å². The van der Waals surface area contributed by atoms with E-state index in [4.69, 9.17) is 10.5 Å². The largest absolute Gasteiger partial charge is 0.444 e. The van der Waals surface area contributed by atoms with Crippen LogP contribution in [0.5, 0.6) is 0 Å². The number of para-hydroxylation sites is 1. The maximum absolute atomic E-state index is 11.9.